The van der Waals surface area contributed by atoms with Crippen molar-refractivity contribution in [2.24, 2.45) is 11.3 Å². The van der Waals surface area contributed by atoms with E-state index >= 15 is 0 Å². The highest BCUT2D eigenvalue weighted by molar-refractivity contribution is 7.90. The Hall–Kier alpha value is -6.31. The molecule has 18 nitrogen and oxygen atoms in total. The number of H-pyrrole nitrogens is 1. The smallest absolute Gasteiger partial charge is 0.409 e. The second kappa shape index (κ2) is 17.9. The average Bonchev–Trinajstić information content (AvgIpc) is 4.00. The van der Waals surface area contributed by atoms with E-state index in [0.29, 0.717) is 54.8 Å². The largest absolute Gasteiger partial charge is 0.489 e. The van der Waals surface area contributed by atoms with Crippen LogP contribution in [0.5, 0.6) is 17.2 Å². The number of hydrogen-bond donors (Lipinski definition) is 4. The fourth-order valence-electron chi connectivity index (χ4n) is 11.7. The summed E-state index contributed by atoms with van der Waals surface area (Å²) in [6.45, 7) is 8.97. The summed E-state index contributed by atoms with van der Waals surface area (Å²) in [7, 11) is -4.79. The summed E-state index contributed by atoms with van der Waals surface area (Å²) in [5.41, 5.74) is 2.50. The molecule has 364 valence electrons. The third-order valence-corrected chi connectivity index (χ3v) is 16.9. The highest BCUT2D eigenvalue weighted by atomic mass is 32.2. The fourth-order valence-corrected chi connectivity index (χ4v) is 12.7. The first-order valence-electron chi connectivity index (χ1n) is 24.0. The molecule has 69 heavy (non-hydrogen) atoms. The molecule has 2 saturated heterocycles. The highest BCUT2D eigenvalue weighted by Gasteiger charge is 2.50. The van der Waals surface area contributed by atoms with Crippen LogP contribution < -0.4 is 24.4 Å². The molecule has 1 spiro atoms. The van der Waals surface area contributed by atoms with Gasteiger partial charge in [-0.05, 0) is 134 Å². The molecular weight excluding hydrogens is 905 g/mol. The summed E-state index contributed by atoms with van der Waals surface area (Å²) in [4.78, 5) is 48.8. The molecular formula is C50H58N8O10S. The first kappa shape index (κ1) is 46.4. The number of aromatic nitrogens is 2. The lowest BCUT2D eigenvalue weighted by Crippen LogP contribution is -2.54. The van der Waals surface area contributed by atoms with E-state index in [-0.39, 0.29) is 58.1 Å². The number of aliphatic hydroxyl groups is 1. The third kappa shape index (κ3) is 9.07. The molecule has 0 unspecified atom stereocenters. The van der Waals surface area contributed by atoms with E-state index < -0.39 is 47.8 Å². The SMILES string of the molecule is CC(C)c1ccccc1[C@@H]1CCCN1C1CC2(CCN(c3ccc(C(=O)NS(=O)(=O)c4cc5c(c([N+](=O)[O-])c4)N[C@@H]([C@H]4CC[C@](C)(O)CC4)CO5)c(Oc4cc5cc[nH]c5nc4[N+](=O)[O-])c3)CC2)C1. The van der Waals surface area contributed by atoms with Gasteiger partial charge in [0.2, 0.25) is 5.75 Å². The van der Waals surface area contributed by atoms with Crippen molar-refractivity contribution in [1.82, 2.24) is 19.6 Å². The van der Waals surface area contributed by atoms with Gasteiger partial charge in [-0.2, -0.15) is 0 Å². The maximum absolute atomic E-state index is 14.2. The molecule has 10 rings (SSSR count). The highest BCUT2D eigenvalue weighted by Crippen LogP contribution is 2.54. The van der Waals surface area contributed by atoms with Gasteiger partial charge in [-0.25, -0.2) is 13.1 Å². The van der Waals surface area contributed by atoms with Crippen LogP contribution in [0.4, 0.5) is 22.9 Å². The number of likely N-dealkylation sites (tertiary alicyclic amines) is 1. The van der Waals surface area contributed by atoms with E-state index in [2.05, 4.69) is 67.9 Å². The summed E-state index contributed by atoms with van der Waals surface area (Å²) in [5.74, 6) is -1.68. The number of sulfonamides is 1. The first-order chi connectivity index (χ1) is 33.0. The molecule has 5 heterocycles. The molecule has 2 saturated carbocycles. The van der Waals surface area contributed by atoms with Crippen molar-refractivity contribution in [2.45, 2.75) is 120 Å². The van der Waals surface area contributed by atoms with Crippen LogP contribution in [0.25, 0.3) is 11.0 Å². The van der Waals surface area contributed by atoms with Crippen molar-refractivity contribution in [3.05, 3.63) is 110 Å². The van der Waals surface area contributed by atoms with E-state index in [4.69, 9.17) is 9.47 Å². The van der Waals surface area contributed by atoms with Gasteiger partial charge in [0.15, 0.2) is 11.4 Å². The second-order valence-corrected chi connectivity index (χ2v) is 22.1. The van der Waals surface area contributed by atoms with Gasteiger partial charge in [0, 0.05) is 66.7 Å². The molecule has 0 bridgehead atoms. The Bertz CT molecular complexity index is 2930. The Morgan fingerprint density at radius 2 is 1.71 bits per heavy atom. The lowest BCUT2D eigenvalue weighted by Gasteiger charge is -2.56. The minimum Gasteiger partial charge on any atom is -0.489 e. The summed E-state index contributed by atoms with van der Waals surface area (Å²) >= 11 is 0. The van der Waals surface area contributed by atoms with E-state index in [1.165, 1.54) is 36.1 Å². The van der Waals surface area contributed by atoms with Crippen molar-refractivity contribution in [1.29, 1.82) is 0 Å². The van der Waals surface area contributed by atoms with Crippen molar-refractivity contribution in [2.75, 3.05) is 36.5 Å². The molecule has 0 radical (unpaired) electrons. The summed E-state index contributed by atoms with van der Waals surface area (Å²) in [5, 5.41) is 38.9. The van der Waals surface area contributed by atoms with Crippen LogP contribution in [0.15, 0.2) is 77.8 Å². The van der Waals surface area contributed by atoms with Crippen LogP contribution in [0, 0.1) is 31.6 Å². The fraction of sp³-hybridized carbons (Fsp3) is 0.480. The molecule has 2 atom stereocenters. The Morgan fingerprint density at radius 1 is 0.957 bits per heavy atom. The minimum absolute atomic E-state index is 0.0315. The number of nitrogens with zero attached hydrogens (tertiary/aromatic N) is 5. The van der Waals surface area contributed by atoms with E-state index in [9.17, 15) is 38.5 Å². The van der Waals surface area contributed by atoms with Gasteiger partial charge < -0.3 is 39.9 Å². The number of nitro benzene ring substituents is 1. The lowest BCUT2D eigenvalue weighted by atomic mass is 9.59. The standard InChI is InChI=1S/C50H58N8O10S/c1-30(2)36-7-4-5-8-37(36)40-9-6-20-56(40)34-27-50(28-34)17-21-55(22-18-50)33-10-11-38(42(24-33)68-44-23-32-14-19-51-46(32)53-47(44)58(63)64)48(59)54-69(65,66)35-25-41(57(61)62)45-43(26-35)67-29-39(52-45)31-12-15-49(3,60)16-13-31/h4-5,7-8,10-11,14,19,23-26,30-31,34,39-40,52,60H,6,9,12-13,15-18,20-22,27-29H2,1-3H3,(H,51,53)(H,54,59)/t31-,39-,40+,49-/m1/s1. The van der Waals surface area contributed by atoms with Crippen molar-refractivity contribution < 1.29 is 37.6 Å². The maximum Gasteiger partial charge on any atom is 0.409 e. The van der Waals surface area contributed by atoms with Crippen molar-refractivity contribution in [3.63, 3.8) is 0 Å². The topological polar surface area (TPSA) is 235 Å². The summed E-state index contributed by atoms with van der Waals surface area (Å²) in [6, 6.07) is 19.3. The molecule has 2 aliphatic carbocycles. The third-order valence-electron chi connectivity index (χ3n) is 15.6. The molecule has 5 aliphatic rings. The number of piperidine rings is 1. The Labute approximate surface area is 400 Å². The number of carbonyl (C=O) groups excluding carboxylic acids is 1. The van der Waals surface area contributed by atoms with Crippen LogP contribution in [0.3, 0.4) is 0 Å². The number of rotatable bonds is 12. The van der Waals surface area contributed by atoms with Crippen LogP contribution in [0.1, 0.15) is 118 Å². The number of aromatic amines is 1. The van der Waals surface area contributed by atoms with Gasteiger partial charge >= 0.3 is 5.82 Å². The van der Waals surface area contributed by atoms with Gasteiger partial charge in [-0.15, -0.1) is 0 Å². The molecule has 1 amide bonds. The first-order valence-corrected chi connectivity index (χ1v) is 25.5. The van der Waals surface area contributed by atoms with Crippen molar-refractivity contribution in [3.8, 4) is 17.2 Å². The zero-order valence-electron chi connectivity index (χ0n) is 39.0. The van der Waals surface area contributed by atoms with E-state index in [1.807, 2.05) is 0 Å². The number of carbonyl (C=O) groups is 1. The summed E-state index contributed by atoms with van der Waals surface area (Å²) in [6.07, 6.45) is 10.6. The van der Waals surface area contributed by atoms with Crippen LogP contribution in [-0.4, -0.2) is 88.1 Å². The van der Waals surface area contributed by atoms with E-state index in [1.54, 1.807) is 31.3 Å². The van der Waals surface area contributed by atoms with Gasteiger partial charge in [-0.1, -0.05) is 38.1 Å². The number of fused-ring (bicyclic) bond motifs is 2. The number of anilines is 2. The zero-order valence-corrected chi connectivity index (χ0v) is 39.8. The molecule has 3 aromatic carbocycles. The molecule has 19 heteroatoms. The van der Waals surface area contributed by atoms with Crippen molar-refractivity contribution >= 4 is 49.8 Å². The lowest BCUT2D eigenvalue weighted by molar-refractivity contribution is -0.390. The molecule has 4 fully saturated rings. The number of nitrogens with one attached hydrogen (secondary N) is 3. The van der Waals surface area contributed by atoms with Crippen LogP contribution in [0.2, 0.25) is 0 Å². The average molecular weight is 963 g/mol. The predicted molar refractivity (Wildman–Crippen MR) is 259 cm³/mol. The number of ether oxygens (including phenoxy) is 2. The van der Waals surface area contributed by atoms with Gasteiger partial charge in [0.25, 0.3) is 27.3 Å². The monoisotopic (exact) mass is 962 g/mol. The molecule has 3 aliphatic heterocycles. The Kier molecular flexibility index (Phi) is 12.0. The van der Waals surface area contributed by atoms with Crippen LogP contribution in [-0.2, 0) is 10.0 Å². The summed E-state index contributed by atoms with van der Waals surface area (Å²) < 4.78 is 42.3. The normalized spacial score (nSPS) is 23.8. The van der Waals surface area contributed by atoms with Gasteiger partial charge in [-0.3, -0.25) is 19.8 Å². The minimum atomic E-state index is -4.79. The number of amides is 1. The second-order valence-electron chi connectivity index (χ2n) is 20.4. The maximum atomic E-state index is 14.2. The quantitative estimate of drug-likeness (QED) is 0.0674. The molecule has 4 N–H and O–H groups in total. The molecule has 2 aromatic heterocycles. The molecule has 5 aromatic rings. The number of benzene rings is 3. The number of hydrogen-bond acceptors (Lipinski definition) is 14. The number of nitro groups is 2. The van der Waals surface area contributed by atoms with Gasteiger partial charge in [0.1, 0.15) is 12.4 Å². The number of pyridine rings is 1. The predicted octanol–water partition coefficient (Wildman–Crippen LogP) is 9.11. The zero-order chi connectivity index (χ0) is 48.4. The van der Waals surface area contributed by atoms with E-state index in [0.717, 1.165) is 57.5 Å². The Balaban J connectivity index is 0.885. The van der Waals surface area contributed by atoms with Crippen LogP contribution >= 0.6 is 0 Å². The van der Waals surface area contributed by atoms with Gasteiger partial charge in [0.05, 0.1) is 27.0 Å². The Morgan fingerprint density at radius 3 is 2.43 bits per heavy atom.